The van der Waals surface area contributed by atoms with Crippen LogP contribution in [0.25, 0.3) is 0 Å². The first-order valence-corrected chi connectivity index (χ1v) is 9.48. The molecule has 0 aliphatic carbocycles. The minimum Gasteiger partial charge on any atom is -0.394 e. The summed E-state index contributed by atoms with van der Waals surface area (Å²) in [6.07, 6.45) is 1.61. The summed E-state index contributed by atoms with van der Waals surface area (Å²) in [7, 11) is 0. The Labute approximate surface area is 170 Å². The number of pyridine rings is 1. The largest absolute Gasteiger partial charge is 0.394 e. The van der Waals surface area contributed by atoms with Gasteiger partial charge in [0.15, 0.2) is 0 Å². The highest BCUT2D eigenvalue weighted by molar-refractivity contribution is 5.95. The van der Waals surface area contributed by atoms with Crippen molar-refractivity contribution < 1.29 is 15.0 Å². The zero-order valence-electron chi connectivity index (χ0n) is 16.3. The van der Waals surface area contributed by atoms with E-state index < -0.39 is 12.7 Å². The number of carbonyl (C=O) groups excluding carboxylic acids is 1. The van der Waals surface area contributed by atoms with Crippen molar-refractivity contribution in [1.82, 2.24) is 10.3 Å². The van der Waals surface area contributed by atoms with Crippen LogP contribution in [0.15, 0.2) is 66.9 Å². The molecular formula is C23H25N3O3. The smallest absolute Gasteiger partial charge is 0.251 e. The van der Waals surface area contributed by atoms with Gasteiger partial charge in [0.1, 0.15) is 5.82 Å². The van der Waals surface area contributed by atoms with Gasteiger partial charge in [0.25, 0.3) is 5.91 Å². The van der Waals surface area contributed by atoms with Crippen LogP contribution in [0, 0.1) is 6.92 Å². The highest BCUT2D eigenvalue weighted by atomic mass is 16.3. The molecule has 0 aliphatic heterocycles. The first-order chi connectivity index (χ1) is 14.0. The number of nitrogens with one attached hydrogen (secondary N) is 2. The number of rotatable bonds is 8. The Morgan fingerprint density at radius 3 is 2.66 bits per heavy atom. The summed E-state index contributed by atoms with van der Waals surface area (Å²) in [5, 5.41) is 24.0. The Kier molecular flexibility index (Phi) is 6.94. The maximum absolute atomic E-state index is 12.2. The maximum atomic E-state index is 12.2. The summed E-state index contributed by atoms with van der Waals surface area (Å²) in [5.74, 6) is 0.380. The molecule has 0 spiro atoms. The first-order valence-electron chi connectivity index (χ1n) is 9.48. The molecule has 1 atom stereocenters. The van der Waals surface area contributed by atoms with Gasteiger partial charge in [-0.2, -0.15) is 0 Å². The van der Waals surface area contributed by atoms with Gasteiger partial charge in [0.2, 0.25) is 0 Å². The second-order valence-electron chi connectivity index (χ2n) is 6.97. The molecule has 1 amide bonds. The van der Waals surface area contributed by atoms with Crippen LogP contribution < -0.4 is 10.6 Å². The molecule has 0 fully saturated rings. The van der Waals surface area contributed by atoms with E-state index >= 15 is 0 Å². The van der Waals surface area contributed by atoms with Gasteiger partial charge in [-0.1, -0.05) is 35.9 Å². The topological polar surface area (TPSA) is 94.5 Å². The lowest BCUT2D eigenvalue weighted by atomic mass is 10.0. The van der Waals surface area contributed by atoms with Crippen molar-refractivity contribution in [2.75, 3.05) is 18.5 Å². The fraction of sp³-hybridized carbons (Fsp3) is 0.217. The first kappa shape index (κ1) is 20.5. The van der Waals surface area contributed by atoms with Gasteiger partial charge in [-0.15, -0.1) is 0 Å². The lowest BCUT2D eigenvalue weighted by molar-refractivity contribution is 0.0802. The van der Waals surface area contributed by atoms with Crippen molar-refractivity contribution in [3.8, 4) is 0 Å². The Morgan fingerprint density at radius 2 is 1.86 bits per heavy atom. The molecule has 1 unspecified atom stereocenters. The molecule has 6 heteroatoms. The average Bonchev–Trinajstić information content (AvgIpc) is 2.72. The molecule has 0 saturated carbocycles. The fourth-order valence-corrected chi connectivity index (χ4v) is 2.97. The van der Waals surface area contributed by atoms with E-state index in [1.54, 1.807) is 24.4 Å². The molecule has 2 aromatic carbocycles. The van der Waals surface area contributed by atoms with Gasteiger partial charge >= 0.3 is 0 Å². The van der Waals surface area contributed by atoms with Crippen LogP contribution in [0.5, 0.6) is 0 Å². The average molecular weight is 391 g/mol. The normalized spacial score (nSPS) is 11.7. The summed E-state index contributed by atoms with van der Waals surface area (Å²) in [6, 6.07) is 19.4. The molecule has 4 N–H and O–H groups in total. The number of aryl methyl sites for hydroxylation is 1. The number of nitrogens with zero attached hydrogens (tertiary/aromatic N) is 1. The van der Waals surface area contributed by atoms with Crippen LogP contribution in [-0.4, -0.2) is 40.4 Å². The molecule has 1 aromatic heterocycles. The van der Waals surface area contributed by atoms with Gasteiger partial charge < -0.3 is 20.8 Å². The molecule has 0 bridgehead atoms. The van der Waals surface area contributed by atoms with E-state index in [2.05, 4.69) is 46.8 Å². The van der Waals surface area contributed by atoms with E-state index in [0.29, 0.717) is 11.4 Å². The number of hydrogen-bond donors (Lipinski definition) is 4. The third-order valence-corrected chi connectivity index (χ3v) is 4.42. The third-order valence-electron chi connectivity index (χ3n) is 4.42. The molecule has 0 aliphatic rings. The zero-order valence-corrected chi connectivity index (χ0v) is 16.3. The minimum absolute atomic E-state index is 0.00441. The number of anilines is 2. The van der Waals surface area contributed by atoms with Crippen molar-refractivity contribution in [3.05, 3.63) is 89.1 Å². The van der Waals surface area contributed by atoms with E-state index in [1.807, 2.05) is 18.2 Å². The number of aliphatic hydroxyl groups excluding tert-OH is 2. The SMILES string of the molecule is Cc1cccc(Cc2ccnc(Nc3cccc(C(=O)NCC(O)CO)c3)c2)c1. The molecule has 150 valence electrons. The van der Waals surface area contributed by atoms with E-state index in [4.69, 9.17) is 5.11 Å². The van der Waals surface area contributed by atoms with Gasteiger partial charge in [0.05, 0.1) is 12.7 Å². The van der Waals surface area contributed by atoms with Crippen molar-refractivity contribution in [2.45, 2.75) is 19.4 Å². The lowest BCUT2D eigenvalue weighted by Crippen LogP contribution is -2.33. The Morgan fingerprint density at radius 1 is 1.07 bits per heavy atom. The van der Waals surface area contributed by atoms with Gasteiger partial charge in [-0.3, -0.25) is 4.79 Å². The van der Waals surface area contributed by atoms with Crippen molar-refractivity contribution in [3.63, 3.8) is 0 Å². The van der Waals surface area contributed by atoms with E-state index in [-0.39, 0.29) is 12.5 Å². The minimum atomic E-state index is -0.972. The second kappa shape index (κ2) is 9.82. The molecule has 6 nitrogen and oxygen atoms in total. The van der Waals surface area contributed by atoms with Crippen LogP contribution in [0.1, 0.15) is 27.0 Å². The standard InChI is InChI=1S/C23H25N3O3/c1-16-4-2-5-17(10-16)11-18-8-9-24-22(12-18)26-20-7-3-6-19(13-20)23(29)25-14-21(28)15-27/h2-10,12-13,21,27-28H,11,14-15H2,1H3,(H,24,26)(H,25,29). The zero-order chi connectivity index (χ0) is 20.6. The highest BCUT2D eigenvalue weighted by Crippen LogP contribution is 2.19. The molecule has 1 heterocycles. The monoisotopic (exact) mass is 391 g/mol. The van der Waals surface area contributed by atoms with E-state index in [9.17, 15) is 9.90 Å². The molecule has 0 radical (unpaired) electrons. The highest BCUT2D eigenvalue weighted by Gasteiger charge is 2.09. The number of hydrogen-bond acceptors (Lipinski definition) is 5. The van der Waals surface area contributed by atoms with Crippen molar-refractivity contribution in [1.29, 1.82) is 0 Å². The maximum Gasteiger partial charge on any atom is 0.251 e. The van der Waals surface area contributed by atoms with Crippen LogP contribution in [0.4, 0.5) is 11.5 Å². The predicted octanol–water partition coefficient (Wildman–Crippen LogP) is 2.81. The lowest BCUT2D eigenvalue weighted by Gasteiger charge is -2.11. The molecule has 3 aromatic rings. The summed E-state index contributed by atoms with van der Waals surface area (Å²) >= 11 is 0. The number of benzene rings is 2. The number of aliphatic hydroxyl groups is 2. The van der Waals surface area contributed by atoms with Gasteiger partial charge in [-0.25, -0.2) is 4.98 Å². The van der Waals surface area contributed by atoms with Crippen molar-refractivity contribution >= 4 is 17.4 Å². The summed E-state index contributed by atoms with van der Waals surface area (Å²) < 4.78 is 0. The Bertz CT molecular complexity index is 975. The quantitative estimate of drug-likeness (QED) is 0.474. The van der Waals surface area contributed by atoms with Crippen LogP contribution >= 0.6 is 0 Å². The Balaban J connectivity index is 1.68. The predicted molar refractivity (Wildman–Crippen MR) is 113 cm³/mol. The van der Waals surface area contributed by atoms with Crippen LogP contribution in [0.2, 0.25) is 0 Å². The van der Waals surface area contributed by atoms with Gasteiger partial charge in [0, 0.05) is 24.0 Å². The molecule has 29 heavy (non-hydrogen) atoms. The molecule has 0 saturated heterocycles. The summed E-state index contributed by atoms with van der Waals surface area (Å²) in [4.78, 5) is 16.6. The second-order valence-corrected chi connectivity index (χ2v) is 6.97. The fourth-order valence-electron chi connectivity index (χ4n) is 2.97. The third kappa shape index (κ3) is 6.14. The van der Waals surface area contributed by atoms with Gasteiger partial charge in [-0.05, 0) is 54.8 Å². The molecule has 3 rings (SSSR count). The number of carbonyl (C=O) groups is 1. The molecular weight excluding hydrogens is 366 g/mol. The van der Waals surface area contributed by atoms with Crippen LogP contribution in [0.3, 0.4) is 0 Å². The summed E-state index contributed by atoms with van der Waals surface area (Å²) in [5.41, 5.74) is 4.80. The van der Waals surface area contributed by atoms with E-state index in [0.717, 1.165) is 17.7 Å². The number of amides is 1. The Hall–Kier alpha value is -3.22. The van der Waals surface area contributed by atoms with E-state index in [1.165, 1.54) is 11.1 Å². The van der Waals surface area contributed by atoms with Crippen LogP contribution in [-0.2, 0) is 6.42 Å². The number of aromatic nitrogens is 1. The van der Waals surface area contributed by atoms with Crippen molar-refractivity contribution in [2.24, 2.45) is 0 Å². The summed E-state index contributed by atoms with van der Waals surface area (Å²) in [6.45, 7) is 1.68.